The number of ether oxygens (including phenoxy) is 3. The number of nitrogens with one attached hydrogen (secondary N) is 2. The van der Waals surface area contributed by atoms with E-state index in [0.717, 1.165) is 16.7 Å². The van der Waals surface area contributed by atoms with Gasteiger partial charge < -0.3 is 29.3 Å². The highest BCUT2D eigenvalue weighted by molar-refractivity contribution is 7.91. The first-order chi connectivity index (χ1) is 27.7. The summed E-state index contributed by atoms with van der Waals surface area (Å²) < 4.78 is 45.9. The maximum atomic E-state index is 14.9. The van der Waals surface area contributed by atoms with Crippen LogP contribution in [0.1, 0.15) is 58.4 Å². The molecule has 8 rings (SSSR count). The number of fused-ring (bicyclic) bond motifs is 3. The fourth-order valence-corrected chi connectivity index (χ4v) is 9.70. The van der Waals surface area contributed by atoms with Crippen LogP contribution in [-0.2, 0) is 40.4 Å². The summed E-state index contributed by atoms with van der Waals surface area (Å²) in [5, 5.41) is 2.95. The van der Waals surface area contributed by atoms with E-state index in [1.807, 2.05) is 57.2 Å². The monoisotopic (exact) mass is 814 g/mol. The Balaban J connectivity index is 1.12. The lowest BCUT2D eigenvalue weighted by atomic mass is 9.77. The first kappa shape index (κ1) is 39.7. The first-order valence-electron chi connectivity index (χ1n) is 20.0. The molecule has 3 aliphatic heterocycles. The van der Waals surface area contributed by atoms with Crippen molar-refractivity contribution in [1.82, 2.24) is 29.8 Å². The minimum atomic E-state index is -3.91. The van der Waals surface area contributed by atoms with E-state index in [1.165, 1.54) is 11.0 Å². The van der Waals surface area contributed by atoms with Gasteiger partial charge in [-0.15, -0.1) is 6.58 Å². The molecule has 1 aromatic carbocycles. The minimum Gasteiger partial charge on any atom is -0.493 e. The van der Waals surface area contributed by atoms with Gasteiger partial charge in [0.25, 0.3) is 5.91 Å². The Hall–Kier alpha value is -5.09. The topological polar surface area (TPSA) is 186 Å². The molecular weight excluding hydrogens is 765 g/mol. The smallest absolute Gasteiger partial charge is 0.259 e. The van der Waals surface area contributed by atoms with E-state index in [2.05, 4.69) is 21.6 Å². The van der Waals surface area contributed by atoms with Crippen LogP contribution in [0.15, 0.2) is 55.3 Å². The standard InChI is InChI=1S/C42H50N6O9S/c1-5-25-23-42(25,40(52)46-58(53,54)27-9-10-27)45-38(50)33-20-26(24-48(33)39(51)30(41(2,3)4)21-36(49)47-15-18-55-19-16-47)57-35-22-32(31-8-6-7-14-43-31)44-37-28(35)11-12-34-29(37)13-17-56-34/h5-8,11-12,14,22,25-27,30,33H,1,9-10,13,15-21,23-24H2,2-4H3,(H,45,50)(H,46,52)/t25-,26-,30-,33+,42-/m1/s1. The molecule has 3 aromatic rings. The number of rotatable bonds is 12. The van der Waals surface area contributed by atoms with Crippen molar-refractivity contribution in [2.24, 2.45) is 17.3 Å². The number of morpholine rings is 1. The van der Waals surface area contributed by atoms with E-state index in [-0.39, 0.29) is 31.7 Å². The molecule has 5 atom stereocenters. The number of amides is 4. The second-order valence-corrected chi connectivity index (χ2v) is 19.0. The van der Waals surface area contributed by atoms with E-state index in [1.54, 1.807) is 11.1 Å². The molecule has 15 nitrogen and oxygen atoms in total. The normalized spacial score (nSPS) is 24.7. The van der Waals surface area contributed by atoms with Gasteiger partial charge in [-0.3, -0.25) is 28.9 Å². The summed E-state index contributed by atoms with van der Waals surface area (Å²) in [5.41, 5.74) is 0.649. The number of benzene rings is 1. The molecule has 58 heavy (non-hydrogen) atoms. The Morgan fingerprint density at radius 1 is 1.09 bits per heavy atom. The van der Waals surface area contributed by atoms with Crippen LogP contribution in [0.3, 0.4) is 0 Å². The molecule has 0 unspecified atom stereocenters. The highest BCUT2D eigenvalue weighted by atomic mass is 32.2. The number of nitrogens with zero attached hydrogens (tertiary/aromatic N) is 4. The van der Waals surface area contributed by atoms with Crippen molar-refractivity contribution in [3.63, 3.8) is 0 Å². The fourth-order valence-electron chi connectivity index (χ4n) is 8.34. The zero-order valence-electron chi connectivity index (χ0n) is 33.1. The Morgan fingerprint density at radius 2 is 1.86 bits per heavy atom. The number of aromatic nitrogens is 2. The summed E-state index contributed by atoms with van der Waals surface area (Å²) in [6.45, 7) is 11.7. The molecule has 2 N–H and O–H groups in total. The minimum absolute atomic E-state index is 0.00613. The van der Waals surface area contributed by atoms with Gasteiger partial charge in [0, 0.05) is 61.5 Å². The molecule has 0 spiro atoms. The summed E-state index contributed by atoms with van der Waals surface area (Å²) in [7, 11) is -3.91. The van der Waals surface area contributed by atoms with Crippen LogP contribution in [0, 0.1) is 17.3 Å². The second kappa shape index (κ2) is 15.3. The Bertz CT molecular complexity index is 2250. The zero-order valence-corrected chi connectivity index (χ0v) is 33.9. The molecule has 0 radical (unpaired) electrons. The van der Waals surface area contributed by atoms with Crippen LogP contribution >= 0.6 is 0 Å². The molecule has 4 amide bonds. The third-order valence-corrected chi connectivity index (χ3v) is 13.8. The lowest BCUT2D eigenvalue weighted by molar-refractivity contribution is -0.149. The largest absolute Gasteiger partial charge is 0.493 e. The van der Waals surface area contributed by atoms with E-state index in [9.17, 15) is 27.6 Å². The maximum absolute atomic E-state index is 14.9. The van der Waals surface area contributed by atoms with Crippen molar-refractivity contribution in [3.05, 3.63) is 60.8 Å². The number of hydrogen-bond donors (Lipinski definition) is 2. The Kier molecular flexibility index (Phi) is 10.4. The van der Waals surface area contributed by atoms with Crippen LogP contribution in [-0.4, -0.2) is 114 Å². The molecule has 308 valence electrons. The molecule has 0 bridgehead atoms. The predicted molar refractivity (Wildman–Crippen MR) is 213 cm³/mol. The maximum Gasteiger partial charge on any atom is 0.259 e. The van der Waals surface area contributed by atoms with Crippen LogP contribution < -0.4 is 19.5 Å². The van der Waals surface area contributed by atoms with Gasteiger partial charge in [-0.2, -0.15) is 0 Å². The lowest BCUT2D eigenvalue weighted by Crippen LogP contribution is -2.57. The van der Waals surface area contributed by atoms with E-state index in [4.69, 9.17) is 19.2 Å². The van der Waals surface area contributed by atoms with Crippen molar-refractivity contribution < 1.29 is 41.8 Å². The zero-order chi connectivity index (χ0) is 41.0. The second-order valence-electron chi connectivity index (χ2n) is 17.0. The molecule has 5 heterocycles. The van der Waals surface area contributed by atoms with Crippen LogP contribution in [0.4, 0.5) is 0 Å². The van der Waals surface area contributed by atoms with Crippen molar-refractivity contribution in [3.8, 4) is 22.9 Å². The first-order valence-corrected chi connectivity index (χ1v) is 21.6. The van der Waals surface area contributed by atoms with Gasteiger partial charge >= 0.3 is 0 Å². The van der Waals surface area contributed by atoms with Gasteiger partial charge in [-0.05, 0) is 48.9 Å². The number of sulfonamides is 1. The average molecular weight is 815 g/mol. The molecule has 16 heteroatoms. The highest BCUT2D eigenvalue weighted by Crippen LogP contribution is 2.46. The number of hydrogen-bond acceptors (Lipinski definition) is 11. The summed E-state index contributed by atoms with van der Waals surface area (Å²) >= 11 is 0. The molecule has 2 aromatic heterocycles. The summed E-state index contributed by atoms with van der Waals surface area (Å²) in [4.78, 5) is 69.4. The van der Waals surface area contributed by atoms with E-state index < -0.39 is 67.9 Å². The van der Waals surface area contributed by atoms with Gasteiger partial charge in [0.05, 0.1) is 54.4 Å². The van der Waals surface area contributed by atoms with Gasteiger partial charge in [-0.1, -0.05) is 32.9 Å². The molecule has 4 fully saturated rings. The van der Waals surface area contributed by atoms with E-state index in [0.29, 0.717) is 74.8 Å². The van der Waals surface area contributed by atoms with Gasteiger partial charge in [-0.25, -0.2) is 13.4 Å². The Labute approximate surface area is 337 Å². The average Bonchev–Trinajstić information content (AvgIpc) is 4.09. The van der Waals surface area contributed by atoms with Crippen LogP contribution in [0.5, 0.6) is 11.5 Å². The predicted octanol–water partition coefficient (Wildman–Crippen LogP) is 3.16. The summed E-state index contributed by atoms with van der Waals surface area (Å²) in [6.07, 6.45) is 4.24. The van der Waals surface area contributed by atoms with Crippen molar-refractivity contribution >= 4 is 44.6 Å². The number of pyridine rings is 2. The third-order valence-electron chi connectivity index (χ3n) is 12.0. The van der Waals surface area contributed by atoms with Crippen molar-refractivity contribution in [1.29, 1.82) is 0 Å². The van der Waals surface area contributed by atoms with Gasteiger partial charge in [0.15, 0.2) is 0 Å². The lowest BCUT2D eigenvalue weighted by Gasteiger charge is -2.36. The fraction of sp³-hybridized carbons (Fsp3) is 0.524. The molecule has 2 saturated heterocycles. The SMILES string of the molecule is C=C[C@@H]1C[C@]1(NC(=O)[C@@H]1C[C@@H](Oc2cc(-c3ccccn3)nc3c4c(ccc23)OCC4)CN1C(=O)[C@@H](CC(=O)N1CCOCC1)C(C)(C)C)C(=O)NS(=O)(=O)C1CC1. The quantitative estimate of drug-likeness (QED) is 0.256. The third kappa shape index (κ3) is 7.75. The van der Waals surface area contributed by atoms with Crippen molar-refractivity contribution in [2.45, 2.75) is 82.2 Å². The molecular formula is C42H50N6O9S. The van der Waals surface area contributed by atoms with Crippen LogP contribution in [0.2, 0.25) is 0 Å². The van der Waals surface area contributed by atoms with Crippen molar-refractivity contribution in [2.75, 3.05) is 39.5 Å². The number of carbonyl (C=O) groups excluding carboxylic acids is 4. The summed E-state index contributed by atoms with van der Waals surface area (Å²) in [6, 6.07) is 10.0. The van der Waals surface area contributed by atoms with Gasteiger partial charge in [0.1, 0.15) is 29.2 Å². The summed E-state index contributed by atoms with van der Waals surface area (Å²) in [5.74, 6) is -2.11. The number of likely N-dealkylation sites (tertiary alicyclic amines) is 1. The highest BCUT2D eigenvalue weighted by Gasteiger charge is 2.62. The molecule has 2 saturated carbocycles. The molecule has 2 aliphatic carbocycles. The molecule has 5 aliphatic rings. The number of carbonyl (C=O) groups is 4. The van der Waals surface area contributed by atoms with Gasteiger partial charge in [0.2, 0.25) is 27.7 Å². The van der Waals surface area contributed by atoms with Crippen LogP contribution in [0.25, 0.3) is 22.3 Å². The van der Waals surface area contributed by atoms with E-state index >= 15 is 0 Å². The Morgan fingerprint density at radius 3 is 2.53 bits per heavy atom.